The number of fused-ring (bicyclic) bond motifs is 2. The largest absolute Gasteiger partial charge is 0.491 e. The van der Waals surface area contributed by atoms with Crippen molar-refractivity contribution in [1.29, 1.82) is 0 Å². The zero-order chi connectivity index (χ0) is 14.4. The molecule has 0 aromatic carbocycles. The molecule has 0 radical (unpaired) electrons. The third-order valence-electron chi connectivity index (χ3n) is 5.50. The van der Waals surface area contributed by atoms with Gasteiger partial charge in [-0.1, -0.05) is 0 Å². The second kappa shape index (κ2) is 5.18. The normalized spacial score (nSPS) is 37.0. The lowest BCUT2D eigenvalue weighted by atomic mass is 9.89. The van der Waals surface area contributed by atoms with Crippen LogP contribution in [0.25, 0.3) is 0 Å². The molecule has 4 rings (SSSR count). The summed E-state index contributed by atoms with van der Waals surface area (Å²) >= 11 is 0. The lowest BCUT2D eigenvalue weighted by molar-refractivity contribution is -0.0458. The summed E-state index contributed by atoms with van der Waals surface area (Å²) in [6.07, 6.45) is 9.00. The third kappa shape index (κ3) is 2.30. The van der Waals surface area contributed by atoms with Crippen molar-refractivity contribution < 1.29 is 9.84 Å². The average Bonchev–Trinajstić information content (AvgIpc) is 2.96. The van der Waals surface area contributed by atoms with Gasteiger partial charge in [0.05, 0.1) is 25.5 Å². The van der Waals surface area contributed by atoms with E-state index in [4.69, 9.17) is 10.5 Å². The maximum Gasteiger partial charge on any atom is 0.253 e. The van der Waals surface area contributed by atoms with Crippen molar-refractivity contribution in [3.8, 4) is 5.88 Å². The standard InChI is InChI=1S/C15H24N4O2/c16-14-7-18(17-15(14)20)10-1-3-11(4-2-10)19-12-5-6-13(19)9-21-8-12/h7,10-13H,1-6,8-9,16H2,(H,17,20)/t10-,11-,12-,13?/m1/s1. The molecule has 0 spiro atoms. The molecule has 21 heavy (non-hydrogen) atoms. The zero-order valence-electron chi connectivity index (χ0n) is 12.3. The third-order valence-corrected chi connectivity index (χ3v) is 5.50. The molecule has 1 saturated carbocycles. The van der Waals surface area contributed by atoms with E-state index in [9.17, 15) is 5.11 Å². The van der Waals surface area contributed by atoms with Crippen LogP contribution >= 0.6 is 0 Å². The summed E-state index contributed by atoms with van der Waals surface area (Å²) in [7, 11) is 0. The first-order chi connectivity index (χ1) is 10.2. The van der Waals surface area contributed by atoms with Crippen LogP contribution < -0.4 is 5.73 Å². The highest BCUT2D eigenvalue weighted by atomic mass is 16.5. The number of aromatic hydroxyl groups is 1. The van der Waals surface area contributed by atoms with E-state index in [0.717, 1.165) is 26.1 Å². The van der Waals surface area contributed by atoms with Crippen LogP contribution in [-0.4, -0.2) is 51.1 Å². The minimum absolute atomic E-state index is 0.0386. The molecule has 3 heterocycles. The van der Waals surface area contributed by atoms with Gasteiger partial charge in [-0.2, -0.15) is 0 Å². The van der Waals surface area contributed by atoms with Crippen LogP contribution in [0.5, 0.6) is 5.88 Å². The molecular weight excluding hydrogens is 268 g/mol. The molecule has 1 unspecified atom stereocenters. The fraction of sp³-hybridized carbons (Fsp3) is 0.800. The second-order valence-corrected chi connectivity index (χ2v) is 6.72. The Morgan fingerprint density at radius 1 is 1.00 bits per heavy atom. The first-order valence-corrected chi connectivity index (χ1v) is 8.11. The van der Waals surface area contributed by atoms with Crippen LogP contribution in [0, 0.1) is 0 Å². The van der Waals surface area contributed by atoms with Gasteiger partial charge in [-0.05, 0) is 38.5 Å². The summed E-state index contributed by atoms with van der Waals surface area (Å²) < 4.78 is 7.54. The van der Waals surface area contributed by atoms with Crippen LogP contribution in [-0.2, 0) is 4.74 Å². The molecular formula is C15H24N4O2. The molecule has 6 nitrogen and oxygen atoms in total. The van der Waals surface area contributed by atoms with Gasteiger partial charge >= 0.3 is 0 Å². The smallest absolute Gasteiger partial charge is 0.253 e. The van der Waals surface area contributed by atoms with Gasteiger partial charge in [0.1, 0.15) is 5.69 Å². The number of aromatic nitrogens is 2. The Labute approximate surface area is 124 Å². The number of morpholine rings is 1. The molecule has 0 amide bonds. The van der Waals surface area contributed by atoms with Crippen molar-refractivity contribution in [3.05, 3.63) is 6.20 Å². The van der Waals surface area contributed by atoms with Crippen molar-refractivity contribution in [3.63, 3.8) is 0 Å². The lowest BCUT2D eigenvalue weighted by Crippen LogP contribution is -2.52. The molecule has 3 fully saturated rings. The molecule has 1 aliphatic carbocycles. The second-order valence-electron chi connectivity index (χ2n) is 6.72. The minimum atomic E-state index is -0.0386. The van der Waals surface area contributed by atoms with Crippen LogP contribution in [0.2, 0.25) is 0 Å². The molecule has 1 aromatic heterocycles. The van der Waals surface area contributed by atoms with Gasteiger partial charge in [-0.15, -0.1) is 5.10 Å². The van der Waals surface area contributed by atoms with Gasteiger partial charge in [0.25, 0.3) is 5.88 Å². The maximum atomic E-state index is 9.53. The van der Waals surface area contributed by atoms with E-state index in [-0.39, 0.29) is 5.88 Å². The Balaban J connectivity index is 1.40. The van der Waals surface area contributed by atoms with E-state index in [0.29, 0.717) is 29.9 Å². The predicted molar refractivity (Wildman–Crippen MR) is 79.1 cm³/mol. The summed E-state index contributed by atoms with van der Waals surface area (Å²) in [6.45, 7) is 1.83. The van der Waals surface area contributed by atoms with Crippen molar-refractivity contribution in [2.24, 2.45) is 0 Å². The molecule has 3 N–H and O–H groups in total. The van der Waals surface area contributed by atoms with Crippen molar-refractivity contribution in [2.45, 2.75) is 62.7 Å². The first kappa shape index (κ1) is 13.4. The number of nitrogens with two attached hydrogens (primary N) is 1. The number of ether oxygens (including phenoxy) is 1. The van der Waals surface area contributed by atoms with E-state index < -0.39 is 0 Å². The summed E-state index contributed by atoms with van der Waals surface area (Å²) in [6, 6.07) is 2.37. The van der Waals surface area contributed by atoms with Crippen LogP contribution in [0.1, 0.15) is 44.6 Å². The Kier molecular flexibility index (Phi) is 3.30. The highest BCUT2D eigenvalue weighted by molar-refractivity contribution is 5.44. The Bertz CT molecular complexity index is 474. The molecule has 2 bridgehead atoms. The number of nitrogen functional groups attached to an aromatic ring is 1. The molecule has 2 saturated heterocycles. The molecule has 1 aromatic rings. The summed E-state index contributed by atoms with van der Waals surface area (Å²) in [5.41, 5.74) is 6.06. The minimum Gasteiger partial charge on any atom is -0.491 e. The van der Waals surface area contributed by atoms with Crippen molar-refractivity contribution in [1.82, 2.24) is 14.7 Å². The fourth-order valence-electron chi connectivity index (χ4n) is 4.46. The summed E-state index contributed by atoms with van der Waals surface area (Å²) in [4.78, 5) is 2.74. The molecule has 2 aliphatic heterocycles. The quantitative estimate of drug-likeness (QED) is 0.864. The van der Waals surface area contributed by atoms with Crippen molar-refractivity contribution in [2.75, 3.05) is 18.9 Å². The van der Waals surface area contributed by atoms with E-state index in [2.05, 4.69) is 10.00 Å². The van der Waals surface area contributed by atoms with Gasteiger partial charge < -0.3 is 15.6 Å². The molecule has 6 heteroatoms. The van der Waals surface area contributed by atoms with Gasteiger partial charge in [0.2, 0.25) is 0 Å². The Morgan fingerprint density at radius 2 is 1.57 bits per heavy atom. The van der Waals surface area contributed by atoms with Crippen LogP contribution in [0.4, 0.5) is 5.69 Å². The number of anilines is 1. The van der Waals surface area contributed by atoms with Crippen LogP contribution in [0.15, 0.2) is 6.20 Å². The lowest BCUT2D eigenvalue weighted by Gasteiger charge is -2.43. The number of nitrogens with zero attached hydrogens (tertiary/aromatic N) is 3. The Hall–Kier alpha value is -1.27. The highest BCUT2D eigenvalue weighted by Crippen LogP contribution is 2.38. The number of rotatable bonds is 2. The van der Waals surface area contributed by atoms with E-state index >= 15 is 0 Å². The van der Waals surface area contributed by atoms with Crippen molar-refractivity contribution >= 4 is 5.69 Å². The molecule has 3 aliphatic rings. The van der Waals surface area contributed by atoms with E-state index in [1.807, 2.05) is 4.68 Å². The predicted octanol–water partition coefficient (Wildman–Crippen LogP) is 1.52. The number of hydrogen-bond donors (Lipinski definition) is 2. The fourth-order valence-corrected chi connectivity index (χ4v) is 4.46. The maximum absolute atomic E-state index is 9.53. The number of hydrogen-bond acceptors (Lipinski definition) is 5. The average molecular weight is 292 g/mol. The summed E-state index contributed by atoms with van der Waals surface area (Å²) in [5.74, 6) is -0.0386. The SMILES string of the molecule is Nc1cn([C@H]2CC[C@H](N3C4CC[C@@H]3COC4)CC2)nc1O. The van der Waals surface area contributed by atoms with E-state index in [1.165, 1.54) is 25.7 Å². The first-order valence-electron chi connectivity index (χ1n) is 8.11. The van der Waals surface area contributed by atoms with Gasteiger partial charge in [-0.25, -0.2) is 0 Å². The summed E-state index contributed by atoms with van der Waals surface area (Å²) in [5, 5.41) is 13.7. The molecule has 2 atom stereocenters. The van der Waals surface area contributed by atoms with Gasteiger partial charge in [0, 0.05) is 18.1 Å². The van der Waals surface area contributed by atoms with Gasteiger partial charge in [0.15, 0.2) is 0 Å². The van der Waals surface area contributed by atoms with Gasteiger partial charge in [-0.3, -0.25) is 9.58 Å². The zero-order valence-corrected chi connectivity index (χ0v) is 12.3. The van der Waals surface area contributed by atoms with E-state index in [1.54, 1.807) is 6.20 Å². The van der Waals surface area contributed by atoms with Crippen LogP contribution in [0.3, 0.4) is 0 Å². The highest BCUT2D eigenvalue weighted by Gasteiger charge is 2.42. The Morgan fingerprint density at radius 3 is 2.14 bits per heavy atom. The monoisotopic (exact) mass is 292 g/mol. The topological polar surface area (TPSA) is 76.5 Å². The molecule has 116 valence electrons.